The van der Waals surface area contributed by atoms with Crippen LogP contribution in [-0.4, -0.2) is 17.4 Å². The molecule has 3 aromatic carbocycles. The van der Waals surface area contributed by atoms with Gasteiger partial charge in [0, 0.05) is 6.92 Å². The third kappa shape index (κ3) is 3.40. The highest BCUT2D eigenvalue weighted by atomic mass is 31.2. The van der Waals surface area contributed by atoms with Crippen molar-refractivity contribution in [2.24, 2.45) is 0 Å². The predicted octanol–water partition coefficient (Wildman–Crippen LogP) is 2.94. The molecule has 0 spiro atoms. The summed E-state index contributed by atoms with van der Waals surface area (Å²) in [7, 11) is 0. The van der Waals surface area contributed by atoms with Gasteiger partial charge in [0.2, 0.25) is 5.78 Å². The topological polar surface area (TPSA) is 34.1 Å². The second-order valence-electron chi connectivity index (χ2n) is 5.78. The van der Waals surface area contributed by atoms with Gasteiger partial charge in [0.15, 0.2) is 5.78 Å². The summed E-state index contributed by atoms with van der Waals surface area (Å²) in [6.45, 7) is -1.03. The Morgan fingerprint density at radius 2 is 0.960 bits per heavy atom. The number of benzene rings is 3. The van der Waals surface area contributed by atoms with Crippen LogP contribution in [0.25, 0.3) is 0 Å². The Kier molecular flexibility index (Phi) is 5.11. The molecule has 0 aliphatic rings. The third-order valence-corrected chi connectivity index (χ3v) is 8.11. The summed E-state index contributed by atoms with van der Waals surface area (Å²) in [5, 5.41) is 3.17. The summed E-state index contributed by atoms with van der Waals surface area (Å²) in [6, 6.07) is 30.0. The molecule has 0 radical (unpaired) electrons. The van der Waals surface area contributed by atoms with E-state index in [2.05, 4.69) is 0 Å². The van der Waals surface area contributed by atoms with Gasteiger partial charge < -0.3 is 0 Å². The number of rotatable bonds is 5. The van der Waals surface area contributed by atoms with Crippen LogP contribution in [0.1, 0.15) is 6.92 Å². The van der Waals surface area contributed by atoms with Crippen LogP contribution in [0, 0.1) is 0 Å². The van der Waals surface area contributed by atoms with Crippen LogP contribution in [0.2, 0.25) is 0 Å². The minimum atomic E-state index is -2.36. The minimum Gasteiger partial charge on any atom is -0.291 e. The summed E-state index contributed by atoms with van der Waals surface area (Å²) in [4.78, 5) is 24.3. The van der Waals surface area contributed by atoms with E-state index in [9.17, 15) is 9.59 Å². The van der Waals surface area contributed by atoms with Crippen molar-refractivity contribution in [1.82, 2.24) is 0 Å². The van der Waals surface area contributed by atoms with Gasteiger partial charge in [-0.15, -0.1) is 0 Å². The Morgan fingerprint density at radius 3 is 1.24 bits per heavy atom. The van der Waals surface area contributed by atoms with Crippen molar-refractivity contribution in [1.29, 1.82) is 0 Å². The van der Waals surface area contributed by atoms with Gasteiger partial charge in [-0.1, -0.05) is 91.0 Å². The van der Waals surface area contributed by atoms with E-state index in [0.717, 1.165) is 15.9 Å². The Balaban J connectivity index is 2.45. The molecule has 0 amide bonds. The highest BCUT2D eigenvalue weighted by Crippen LogP contribution is 2.43. The number of hydrogen-bond donors (Lipinski definition) is 0. The first-order chi connectivity index (χ1) is 12.1. The van der Waals surface area contributed by atoms with E-state index in [0.29, 0.717) is 0 Å². The van der Waals surface area contributed by atoms with Crippen LogP contribution in [0.5, 0.6) is 0 Å². The molecule has 2 nitrogen and oxygen atoms in total. The van der Waals surface area contributed by atoms with Crippen LogP contribution >= 0.6 is 6.89 Å². The lowest BCUT2D eigenvalue weighted by Gasteiger charge is -2.28. The molecular weight excluding hydrogens is 327 g/mol. The molecule has 0 unspecified atom stereocenters. The van der Waals surface area contributed by atoms with E-state index in [4.69, 9.17) is 0 Å². The van der Waals surface area contributed by atoms with E-state index in [-0.39, 0.29) is 0 Å². The number of Topliss-reactive ketones (excluding diaryl/α,β-unsaturated/α-hetero) is 2. The molecule has 0 saturated carbocycles. The van der Waals surface area contributed by atoms with E-state index < -0.39 is 18.5 Å². The van der Waals surface area contributed by atoms with E-state index in [1.807, 2.05) is 91.0 Å². The molecule has 0 aromatic heterocycles. The lowest BCUT2D eigenvalue weighted by Crippen LogP contribution is -2.29. The van der Waals surface area contributed by atoms with Gasteiger partial charge in [-0.05, 0) is 28.6 Å². The fourth-order valence-electron chi connectivity index (χ4n) is 2.93. The molecule has 0 aliphatic heterocycles. The molecule has 0 bridgehead atoms. The number of carbonyl (C=O) groups excluding carboxylic acids is 2. The number of hydrogen-bond acceptors (Lipinski definition) is 2. The molecule has 3 rings (SSSR count). The summed E-state index contributed by atoms with van der Waals surface area (Å²) in [5.74, 6) is 0.784. The molecule has 0 aliphatic carbocycles. The first kappa shape index (κ1) is 17.1. The van der Waals surface area contributed by atoms with Gasteiger partial charge in [0.25, 0.3) is 0 Å². The van der Waals surface area contributed by atoms with Gasteiger partial charge in [0.1, 0.15) is 0 Å². The van der Waals surface area contributed by atoms with Crippen molar-refractivity contribution in [2.45, 2.75) is 6.92 Å². The quantitative estimate of drug-likeness (QED) is 0.526. The number of ketones is 2. The van der Waals surface area contributed by atoms with Gasteiger partial charge in [-0.2, -0.15) is 0 Å². The molecule has 3 aromatic rings. The molecule has 0 atom stereocenters. The lowest BCUT2D eigenvalue weighted by molar-refractivity contribution is -0.131. The van der Waals surface area contributed by atoms with Gasteiger partial charge >= 0.3 is 0 Å². The van der Waals surface area contributed by atoms with Gasteiger partial charge in [-0.3, -0.25) is 9.59 Å². The molecule has 0 saturated heterocycles. The molecule has 124 valence electrons. The summed E-state index contributed by atoms with van der Waals surface area (Å²) < 4.78 is 0. The second kappa shape index (κ2) is 7.46. The van der Waals surface area contributed by atoms with Crippen molar-refractivity contribution in [2.75, 3.05) is 0 Å². The minimum absolute atomic E-state index is 0.438. The SMILES string of the molecule is CC(=O)C(=O)C=P(c1ccccc1)(c1ccccc1)c1ccccc1. The Hall–Kier alpha value is -2.70. The first-order valence-corrected chi connectivity index (χ1v) is 9.97. The predicted molar refractivity (Wildman–Crippen MR) is 107 cm³/mol. The normalized spacial score (nSPS) is 10.9. The fraction of sp³-hybridized carbons (Fsp3) is 0.0455. The van der Waals surface area contributed by atoms with Crippen LogP contribution < -0.4 is 15.9 Å². The largest absolute Gasteiger partial charge is 0.291 e. The molecule has 0 N–H and O–H groups in total. The Morgan fingerprint density at radius 1 is 0.640 bits per heavy atom. The Bertz CT molecular complexity index is 826. The van der Waals surface area contributed by atoms with E-state index in [1.54, 1.807) is 5.80 Å². The van der Waals surface area contributed by atoms with Crippen molar-refractivity contribution in [3.8, 4) is 0 Å². The maximum absolute atomic E-state index is 12.5. The zero-order chi connectivity index (χ0) is 17.7. The first-order valence-electron chi connectivity index (χ1n) is 8.11. The van der Waals surface area contributed by atoms with Crippen LogP contribution in [0.3, 0.4) is 0 Å². The summed E-state index contributed by atoms with van der Waals surface area (Å²) in [6.07, 6.45) is 0. The average molecular weight is 346 g/mol. The molecule has 3 heteroatoms. The standard InChI is InChI=1S/C22H19O2P/c1-18(23)22(24)17-25(19-11-5-2-6-12-19,20-13-7-3-8-14-20)21-15-9-4-10-16-21/h2-17H,1H3. The summed E-state index contributed by atoms with van der Waals surface area (Å²) >= 11 is 0. The summed E-state index contributed by atoms with van der Waals surface area (Å²) in [5.41, 5.74) is 0. The van der Waals surface area contributed by atoms with E-state index in [1.165, 1.54) is 6.92 Å². The zero-order valence-corrected chi connectivity index (χ0v) is 14.9. The zero-order valence-electron chi connectivity index (χ0n) is 14.0. The van der Waals surface area contributed by atoms with E-state index >= 15 is 0 Å². The van der Waals surface area contributed by atoms with Crippen LogP contribution in [0.4, 0.5) is 0 Å². The monoisotopic (exact) mass is 346 g/mol. The van der Waals surface area contributed by atoms with Crippen molar-refractivity contribution in [3.63, 3.8) is 0 Å². The van der Waals surface area contributed by atoms with Gasteiger partial charge in [0.05, 0.1) is 0 Å². The highest BCUT2D eigenvalue weighted by Gasteiger charge is 2.26. The lowest BCUT2D eigenvalue weighted by atomic mass is 10.3. The van der Waals surface area contributed by atoms with Crippen molar-refractivity contribution in [3.05, 3.63) is 91.0 Å². The van der Waals surface area contributed by atoms with Crippen molar-refractivity contribution >= 4 is 40.2 Å². The Labute approximate surface area is 148 Å². The third-order valence-electron chi connectivity index (χ3n) is 4.15. The molecule has 0 heterocycles. The number of carbonyl (C=O) groups is 2. The molecular formula is C22H19O2P. The average Bonchev–Trinajstić information content (AvgIpc) is 2.68. The maximum atomic E-state index is 12.5. The van der Waals surface area contributed by atoms with Crippen LogP contribution in [-0.2, 0) is 9.59 Å². The molecule has 25 heavy (non-hydrogen) atoms. The van der Waals surface area contributed by atoms with Gasteiger partial charge in [-0.25, -0.2) is 0 Å². The van der Waals surface area contributed by atoms with Crippen LogP contribution in [0.15, 0.2) is 91.0 Å². The maximum Gasteiger partial charge on any atom is 0.222 e. The molecule has 0 fully saturated rings. The smallest absolute Gasteiger partial charge is 0.222 e. The second-order valence-corrected chi connectivity index (χ2v) is 9.03. The van der Waals surface area contributed by atoms with Crippen molar-refractivity contribution < 1.29 is 9.59 Å². The highest BCUT2D eigenvalue weighted by molar-refractivity contribution is 7.95. The fourth-order valence-corrected chi connectivity index (χ4v) is 6.73.